The summed E-state index contributed by atoms with van der Waals surface area (Å²) in [7, 11) is 1.43. The number of carbonyl (C=O) groups excluding carboxylic acids is 1. The van der Waals surface area contributed by atoms with Crippen LogP contribution in [-0.2, 0) is 0 Å². The smallest absolute Gasteiger partial charge is 0.343 e. The zero-order chi connectivity index (χ0) is 24.0. The molecule has 0 bridgehead atoms. The zero-order valence-corrected chi connectivity index (χ0v) is 17.6. The van der Waals surface area contributed by atoms with E-state index in [1.807, 2.05) is 6.92 Å². The van der Waals surface area contributed by atoms with Gasteiger partial charge in [0.2, 0.25) is 0 Å². The third-order valence-electron chi connectivity index (χ3n) is 4.47. The van der Waals surface area contributed by atoms with Gasteiger partial charge in [-0.1, -0.05) is 17.7 Å². The largest absolute Gasteiger partial charge is 0.493 e. The van der Waals surface area contributed by atoms with E-state index in [2.05, 4.69) is 10.5 Å². The summed E-state index contributed by atoms with van der Waals surface area (Å²) in [4.78, 5) is 33.0. The van der Waals surface area contributed by atoms with Gasteiger partial charge in [0.1, 0.15) is 5.69 Å². The highest BCUT2D eigenvalue weighted by molar-refractivity contribution is 5.92. The Morgan fingerprint density at radius 2 is 1.70 bits per heavy atom. The number of rotatable bonds is 8. The highest BCUT2D eigenvalue weighted by atomic mass is 16.6. The van der Waals surface area contributed by atoms with Gasteiger partial charge >= 0.3 is 11.7 Å². The molecule has 1 N–H and O–H groups in total. The van der Waals surface area contributed by atoms with Crippen molar-refractivity contribution in [3.63, 3.8) is 0 Å². The van der Waals surface area contributed by atoms with Gasteiger partial charge in [0.25, 0.3) is 5.69 Å². The van der Waals surface area contributed by atoms with E-state index in [0.717, 1.165) is 17.7 Å². The van der Waals surface area contributed by atoms with Gasteiger partial charge in [-0.2, -0.15) is 5.10 Å². The van der Waals surface area contributed by atoms with Crippen LogP contribution in [0.2, 0.25) is 0 Å². The van der Waals surface area contributed by atoms with Gasteiger partial charge in [0, 0.05) is 6.07 Å². The monoisotopic (exact) mass is 450 g/mol. The summed E-state index contributed by atoms with van der Waals surface area (Å²) in [5.41, 5.74) is 3.43. The van der Waals surface area contributed by atoms with Crippen molar-refractivity contribution in [2.45, 2.75) is 6.92 Å². The molecule has 33 heavy (non-hydrogen) atoms. The van der Waals surface area contributed by atoms with Crippen molar-refractivity contribution < 1.29 is 24.1 Å². The Kier molecular flexibility index (Phi) is 6.94. The minimum Gasteiger partial charge on any atom is -0.493 e. The van der Waals surface area contributed by atoms with Gasteiger partial charge in [-0.05, 0) is 48.9 Å². The molecule has 0 aliphatic carbocycles. The Balaban J connectivity index is 1.79. The van der Waals surface area contributed by atoms with Crippen LogP contribution in [0.15, 0.2) is 65.8 Å². The Bertz CT molecular complexity index is 1240. The number of nitro benzene ring substituents is 2. The van der Waals surface area contributed by atoms with Crippen LogP contribution in [0.4, 0.5) is 17.1 Å². The lowest BCUT2D eigenvalue weighted by atomic mass is 10.1. The zero-order valence-electron chi connectivity index (χ0n) is 17.6. The second-order valence-electron chi connectivity index (χ2n) is 6.75. The number of carbonyl (C=O) groups is 1. The Morgan fingerprint density at radius 1 is 0.970 bits per heavy atom. The Hall–Kier alpha value is -4.80. The summed E-state index contributed by atoms with van der Waals surface area (Å²) < 4.78 is 10.7. The lowest BCUT2D eigenvalue weighted by Crippen LogP contribution is -2.09. The summed E-state index contributed by atoms with van der Waals surface area (Å²) >= 11 is 0. The van der Waals surface area contributed by atoms with Crippen LogP contribution in [0.25, 0.3) is 0 Å². The molecule has 0 fully saturated rings. The molecule has 0 radical (unpaired) electrons. The normalized spacial score (nSPS) is 10.6. The molecule has 3 aromatic rings. The molecule has 0 aliphatic heterocycles. The molecular formula is C22H18N4O7. The van der Waals surface area contributed by atoms with Gasteiger partial charge in [0.15, 0.2) is 11.5 Å². The maximum Gasteiger partial charge on any atom is 0.343 e. The number of nitrogens with one attached hydrogen (secondary N) is 1. The number of anilines is 1. The minimum absolute atomic E-state index is 0.0265. The van der Waals surface area contributed by atoms with E-state index in [1.54, 1.807) is 36.4 Å². The van der Waals surface area contributed by atoms with E-state index in [9.17, 15) is 25.0 Å². The molecule has 11 nitrogen and oxygen atoms in total. The van der Waals surface area contributed by atoms with Gasteiger partial charge in [-0.3, -0.25) is 25.7 Å². The molecule has 0 saturated heterocycles. The van der Waals surface area contributed by atoms with Gasteiger partial charge in [-0.15, -0.1) is 0 Å². The Labute approximate surface area is 187 Å². The van der Waals surface area contributed by atoms with Gasteiger partial charge in [-0.25, -0.2) is 4.79 Å². The maximum absolute atomic E-state index is 12.4. The van der Waals surface area contributed by atoms with Gasteiger partial charge in [0.05, 0.1) is 34.8 Å². The van der Waals surface area contributed by atoms with Crippen LogP contribution < -0.4 is 14.9 Å². The first-order valence-corrected chi connectivity index (χ1v) is 9.47. The van der Waals surface area contributed by atoms with Crippen molar-refractivity contribution in [3.05, 3.63) is 97.6 Å². The quantitative estimate of drug-likeness (QED) is 0.174. The Morgan fingerprint density at radius 3 is 2.33 bits per heavy atom. The third kappa shape index (κ3) is 5.67. The van der Waals surface area contributed by atoms with E-state index in [4.69, 9.17) is 9.47 Å². The van der Waals surface area contributed by atoms with E-state index in [-0.39, 0.29) is 11.4 Å². The molecule has 0 aliphatic rings. The van der Waals surface area contributed by atoms with E-state index >= 15 is 0 Å². The molecule has 3 rings (SSSR count). The molecule has 11 heteroatoms. The standard InChI is InChI=1S/C22H18N4O7/c1-14-3-6-16(7-4-14)22(27)33-21-11-15(5-10-20(21)32-2)13-23-24-18-9-8-17(25(28)29)12-19(18)26(30)31/h3-13,24H,1-2H3/b23-13-. The molecule has 0 spiro atoms. The lowest BCUT2D eigenvalue weighted by Gasteiger charge is -2.10. The highest BCUT2D eigenvalue weighted by Gasteiger charge is 2.19. The molecule has 0 atom stereocenters. The molecule has 168 valence electrons. The molecule has 0 saturated carbocycles. The number of hydrogen-bond donors (Lipinski definition) is 1. The first-order valence-electron chi connectivity index (χ1n) is 9.47. The fraction of sp³-hybridized carbons (Fsp3) is 0.0909. The molecule has 0 heterocycles. The molecule has 0 aromatic heterocycles. The van der Waals surface area contributed by atoms with Crippen molar-refractivity contribution in [2.24, 2.45) is 5.10 Å². The first kappa shape index (κ1) is 22.9. The second kappa shape index (κ2) is 10.0. The van der Waals surface area contributed by atoms with Crippen LogP contribution in [0.5, 0.6) is 11.5 Å². The van der Waals surface area contributed by atoms with Gasteiger partial charge < -0.3 is 9.47 Å². The van der Waals surface area contributed by atoms with Crippen LogP contribution in [0.3, 0.4) is 0 Å². The van der Waals surface area contributed by atoms with Crippen molar-refractivity contribution in [1.82, 2.24) is 0 Å². The number of hydrazone groups is 1. The van der Waals surface area contributed by atoms with E-state index in [0.29, 0.717) is 16.9 Å². The summed E-state index contributed by atoms with van der Waals surface area (Å²) in [6.07, 6.45) is 1.34. The van der Waals surface area contributed by atoms with E-state index in [1.165, 1.54) is 25.5 Å². The van der Waals surface area contributed by atoms with Crippen molar-refractivity contribution in [1.29, 1.82) is 0 Å². The highest BCUT2D eigenvalue weighted by Crippen LogP contribution is 2.30. The predicted octanol–water partition coefficient (Wildman–Crippen LogP) is 4.49. The van der Waals surface area contributed by atoms with Crippen molar-refractivity contribution in [3.8, 4) is 11.5 Å². The summed E-state index contributed by atoms with van der Waals surface area (Å²) in [5, 5.41) is 26.0. The van der Waals surface area contributed by atoms with Crippen molar-refractivity contribution in [2.75, 3.05) is 12.5 Å². The maximum atomic E-state index is 12.4. The molecule has 0 amide bonds. The van der Waals surface area contributed by atoms with Crippen LogP contribution in [0, 0.1) is 27.2 Å². The lowest BCUT2D eigenvalue weighted by molar-refractivity contribution is -0.393. The number of hydrogen-bond acceptors (Lipinski definition) is 9. The fourth-order valence-electron chi connectivity index (χ4n) is 2.76. The molecular weight excluding hydrogens is 432 g/mol. The number of ether oxygens (including phenoxy) is 2. The number of esters is 1. The summed E-state index contributed by atoms with van der Waals surface area (Å²) in [6, 6.07) is 14.8. The minimum atomic E-state index is -0.749. The average Bonchev–Trinajstić information content (AvgIpc) is 2.79. The topological polar surface area (TPSA) is 146 Å². The predicted molar refractivity (Wildman–Crippen MR) is 120 cm³/mol. The summed E-state index contributed by atoms with van der Waals surface area (Å²) in [5.74, 6) is -0.0815. The fourth-order valence-corrected chi connectivity index (χ4v) is 2.76. The number of benzene rings is 3. The second-order valence-corrected chi connectivity index (χ2v) is 6.75. The number of methoxy groups -OCH3 is 1. The van der Waals surface area contributed by atoms with Crippen LogP contribution in [0.1, 0.15) is 21.5 Å². The third-order valence-corrected chi connectivity index (χ3v) is 4.47. The van der Waals surface area contributed by atoms with E-state index < -0.39 is 27.2 Å². The summed E-state index contributed by atoms with van der Waals surface area (Å²) in [6.45, 7) is 1.90. The number of aryl methyl sites for hydroxylation is 1. The van der Waals surface area contributed by atoms with Crippen molar-refractivity contribution >= 4 is 29.2 Å². The van der Waals surface area contributed by atoms with Crippen LogP contribution >= 0.6 is 0 Å². The number of nitro groups is 2. The number of nitrogens with zero attached hydrogens (tertiary/aromatic N) is 3. The number of non-ortho nitro benzene ring substituents is 1. The van der Waals surface area contributed by atoms with Crippen LogP contribution in [-0.4, -0.2) is 29.1 Å². The first-order chi connectivity index (χ1) is 15.8. The molecule has 3 aromatic carbocycles. The molecule has 0 unspecified atom stereocenters. The SMILES string of the molecule is COc1ccc(/C=N\Nc2ccc([N+](=O)[O-])cc2[N+](=O)[O-])cc1OC(=O)c1ccc(C)cc1. The average molecular weight is 450 g/mol.